The summed E-state index contributed by atoms with van der Waals surface area (Å²) in [6.07, 6.45) is -0.343. The summed E-state index contributed by atoms with van der Waals surface area (Å²) in [5, 5.41) is 19.1. The monoisotopic (exact) mass is 303 g/mol. The van der Waals surface area contributed by atoms with Gasteiger partial charge < -0.3 is 19.6 Å². The van der Waals surface area contributed by atoms with Gasteiger partial charge in [0.15, 0.2) is 5.75 Å². The Hall–Kier alpha value is -2.10. The second-order valence-corrected chi connectivity index (χ2v) is 5.80. The van der Waals surface area contributed by atoms with Crippen LogP contribution in [0.3, 0.4) is 0 Å². The Labute approximate surface area is 130 Å². The van der Waals surface area contributed by atoms with E-state index in [9.17, 15) is 9.90 Å². The maximum atomic E-state index is 12.3. The zero-order chi connectivity index (χ0) is 16.1. The highest BCUT2D eigenvalue weighted by atomic mass is 16.6. The fourth-order valence-corrected chi connectivity index (χ4v) is 2.64. The molecule has 0 spiro atoms. The molecular formula is C16H21N3O3. The Morgan fingerprint density at radius 1 is 1.50 bits per heavy atom. The minimum absolute atomic E-state index is 0.00232. The Morgan fingerprint density at radius 3 is 2.91 bits per heavy atom. The quantitative estimate of drug-likeness (QED) is 0.911. The molecule has 2 unspecified atom stereocenters. The number of likely N-dealkylation sites (tertiary alicyclic amines) is 1. The number of nitriles is 1. The smallest absolute Gasteiger partial charge is 0.409 e. The number of rotatable bonds is 3. The minimum Gasteiger partial charge on any atom is -0.409 e. The van der Waals surface area contributed by atoms with Crippen LogP contribution in [-0.4, -0.2) is 60.8 Å². The van der Waals surface area contributed by atoms with Crippen LogP contribution < -0.4 is 4.74 Å². The van der Waals surface area contributed by atoms with Crippen LogP contribution in [-0.2, 0) is 0 Å². The molecule has 6 heteroatoms. The van der Waals surface area contributed by atoms with Crippen LogP contribution in [0.5, 0.6) is 5.75 Å². The van der Waals surface area contributed by atoms with Gasteiger partial charge in [-0.25, -0.2) is 4.79 Å². The zero-order valence-electron chi connectivity index (χ0n) is 12.9. The molecule has 1 aromatic rings. The lowest BCUT2D eigenvalue weighted by Crippen LogP contribution is -2.49. The summed E-state index contributed by atoms with van der Waals surface area (Å²) in [6.45, 7) is 1.62. The van der Waals surface area contributed by atoms with Gasteiger partial charge in [0.2, 0.25) is 0 Å². The first kappa shape index (κ1) is 16.3. The molecule has 0 bridgehead atoms. The van der Waals surface area contributed by atoms with Crippen LogP contribution >= 0.6 is 0 Å². The molecule has 1 N–H and O–H groups in total. The molecule has 2 rings (SSSR count). The molecule has 1 amide bonds. The molecular weight excluding hydrogens is 282 g/mol. The second kappa shape index (κ2) is 7.25. The van der Waals surface area contributed by atoms with Gasteiger partial charge in [-0.15, -0.1) is 0 Å². The summed E-state index contributed by atoms with van der Waals surface area (Å²) >= 11 is 0. The predicted octanol–water partition coefficient (Wildman–Crippen LogP) is 1.30. The van der Waals surface area contributed by atoms with Crippen LogP contribution in [0.2, 0.25) is 0 Å². The standard InChI is InChI=1S/C16H21N3O3/c1-18(2)10-13-11-19(8-7-14(13)20)16(21)22-15-6-4-3-5-12(15)9-17/h3-6,13-14,20H,7-8,10-11H2,1-2H3. The summed E-state index contributed by atoms with van der Waals surface area (Å²) in [6, 6.07) is 8.66. The molecule has 1 fully saturated rings. The molecule has 0 aliphatic carbocycles. The molecule has 1 aliphatic rings. The van der Waals surface area contributed by atoms with Crippen molar-refractivity contribution in [3.8, 4) is 11.8 Å². The molecule has 0 radical (unpaired) electrons. The summed E-state index contributed by atoms with van der Waals surface area (Å²) in [5.41, 5.74) is 0.331. The molecule has 2 atom stereocenters. The summed E-state index contributed by atoms with van der Waals surface area (Å²) in [4.78, 5) is 15.9. The van der Waals surface area contributed by atoms with Crippen molar-refractivity contribution in [1.29, 1.82) is 5.26 Å². The van der Waals surface area contributed by atoms with Gasteiger partial charge in [0.1, 0.15) is 6.07 Å². The third-order valence-electron chi connectivity index (χ3n) is 3.76. The van der Waals surface area contributed by atoms with Crippen LogP contribution in [0.4, 0.5) is 4.79 Å². The van der Waals surface area contributed by atoms with Gasteiger partial charge in [-0.1, -0.05) is 12.1 Å². The normalized spacial score (nSPS) is 21.5. The number of hydrogen-bond acceptors (Lipinski definition) is 5. The maximum absolute atomic E-state index is 12.3. The number of amides is 1. The molecule has 1 aliphatic heterocycles. The number of carbonyl (C=O) groups excluding carboxylic acids is 1. The number of aliphatic hydroxyl groups is 1. The van der Waals surface area contributed by atoms with E-state index in [1.54, 1.807) is 29.2 Å². The lowest BCUT2D eigenvalue weighted by Gasteiger charge is -2.36. The Kier molecular flexibility index (Phi) is 5.36. The first-order chi connectivity index (χ1) is 10.5. The van der Waals surface area contributed by atoms with E-state index in [1.165, 1.54) is 0 Å². The van der Waals surface area contributed by atoms with Crippen molar-refractivity contribution >= 4 is 6.09 Å². The van der Waals surface area contributed by atoms with Gasteiger partial charge in [0.05, 0.1) is 11.7 Å². The second-order valence-electron chi connectivity index (χ2n) is 5.80. The first-order valence-electron chi connectivity index (χ1n) is 7.30. The van der Waals surface area contributed by atoms with Crippen molar-refractivity contribution < 1.29 is 14.6 Å². The third kappa shape index (κ3) is 3.97. The van der Waals surface area contributed by atoms with Gasteiger partial charge in [-0.3, -0.25) is 0 Å². The molecule has 1 saturated heterocycles. The molecule has 6 nitrogen and oxygen atoms in total. The van der Waals surface area contributed by atoms with Crippen molar-refractivity contribution in [2.45, 2.75) is 12.5 Å². The highest BCUT2D eigenvalue weighted by Gasteiger charge is 2.31. The van der Waals surface area contributed by atoms with Gasteiger partial charge in [0, 0.05) is 25.6 Å². The number of aliphatic hydroxyl groups excluding tert-OH is 1. The number of hydrogen-bond donors (Lipinski definition) is 1. The predicted molar refractivity (Wildman–Crippen MR) is 81.4 cm³/mol. The number of nitrogens with zero attached hydrogens (tertiary/aromatic N) is 3. The van der Waals surface area contributed by atoms with Crippen molar-refractivity contribution in [3.63, 3.8) is 0 Å². The highest BCUT2D eigenvalue weighted by Crippen LogP contribution is 2.21. The van der Waals surface area contributed by atoms with Gasteiger partial charge in [0.25, 0.3) is 0 Å². The van der Waals surface area contributed by atoms with Crippen molar-refractivity contribution in [3.05, 3.63) is 29.8 Å². The van der Waals surface area contributed by atoms with Gasteiger partial charge in [-0.2, -0.15) is 5.26 Å². The van der Waals surface area contributed by atoms with Crippen LogP contribution in [0.25, 0.3) is 0 Å². The topological polar surface area (TPSA) is 76.8 Å². The minimum atomic E-state index is -0.474. The summed E-state index contributed by atoms with van der Waals surface area (Å²) < 4.78 is 5.33. The van der Waals surface area contributed by atoms with Crippen molar-refractivity contribution in [2.75, 3.05) is 33.7 Å². The van der Waals surface area contributed by atoms with Crippen LogP contribution in [0.1, 0.15) is 12.0 Å². The fraction of sp³-hybridized carbons (Fsp3) is 0.500. The van der Waals surface area contributed by atoms with Crippen LogP contribution in [0, 0.1) is 17.2 Å². The fourth-order valence-electron chi connectivity index (χ4n) is 2.64. The van der Waals surface area contributed by atoms with E-state index < -0.39 is 12.2 Å². The van der Waals surface area contributed by atoms with Gasteiger partial charge in [-0.05, 0) is 32.6 Å². The van der Waals surface area contributed by atoms with Gasteiger partial charge >= 0.3 is 6.09 Å². The lowest BCUT2D eigenvalue weighted by atomic mass is 9.94. The third-order valence-corrected chi connectivity index (χ3v) is 3.76. The number of carbonyl (C=O) groups is 1. The Bertz CT molecular complexity index is 568. The number of piperidine rings is 1. The lowest BCUT2D eigenvalue weighted by molar-refractivity contribution is 0.0210. The SMILES string of the molecule is CN(C)CC1CN(C(=O)Oc2ccccc2C#N)CCC1O. The van der Waals surface area contributed by atoms with E-state index >= 15 is 0 Å². The van der Waals surface area contributed by atoms with E-state index in [2.05, 4.69) is 0 Å². The molecule has 1 aromatic carbocycles. The van der Waals surface area contributed by atoms with Crippen LogP contribution in [0.15, 0.2) is 24.3 Å². The van der Waals surface area contributed by atoms with E-state index in [4.69, 9.17) is 10.00 Å². The summed E-state index contributed by atoms with van der Waals surface area (Å²) in [7, 11) is 3.88. The maximum Gasteiger partial charge on any atom is 0.415 e. The summed E-state index contributed by atoms with van der Waals surface area (Å²) in [5.74, 6) is 0.271. The van der Waals surface area contributed by atoms with E-state index in [0.717, 1.165) is 0 Å². The van der Waals surface area contributed by atoms with Crippen molar-refractivity contribution in [2.24, 2.45) is 5.92 Å². The van der Waals surface area contributed by atoms with E-state index in [1.807, 2.05) is 25.1 Å². The Balaban J connectivity index is 2.02. The molecule has 118 valence electrons. The van der Waals surface area contributed by atoms with E-state index in [-0.39, 0.29) is 11.7 Å². The average molecular weight is 303 g/mol. The molecule has 0 saturated carbocycles. The molecule has 22 heavy (non-hydrogen) atoms. The Morgan fingerprint density at radius 2 is 2.23 bits per heavy atom. The highest BCUT2D eigenvalue weighted by molar-refractivity contribution is 5.71. The average Bonchev–Trinajstić information content (AvgIpc) is 2.49. The zero-order valence-corrected chi connectivity index (χ0v) is 12.9. The largest absolute Gasteiger partial charge is 0.415 e. The van der Waals surface area contributed by atoms with Crippen molar-refractivity contribution in [1.82, 2.24) is 9.80 Å². The number of benzene rings is 1. The molecule has 0 aromatic heterocycles. The first-order valence-corrected chi connectivity index (χ1v) is 7.30. The number of para-hydroxylation sites is 1. The molecule has 1 heterocycles. The number of ether oxygens (including phenoxy) is 1. The van der Waals surface area contributed by atoms with E-state index in [0.29, 0.717) is 31.6 Å².